The Kier molecular flexibility index (Phi) is 5.21. The van der Waals surface area contributed by atoms with Gasteiger partial charge in [0.05, 0.1) is 18.4 Å². The van der Waals surface area contributed by atoms with Crippen molar-refractivity contribution in [2.24, 2.45) is 11.8 Å². The van der Waals surface area contributed by atoms with Crippen LogP contribution in [-0.2, 0) is 14.8 Å². The number of piperidine rings is 1. The zero-order chi connectivity index (χ0) is 22.8. The second-order valence-electron chi connectivity index (χ2n) is 10.4. The number of nitrogens with zero attached hydrogens (tertiary/aromatic N) is 6. The predicted octanol–water partition coefficient (Wildman–Crippen LogP) is 1.84. The van der Waals surface area contributed by atoms with Crippen LogP contribution >= 0.6 is 0 Å². The molecule has 10 heteroatoms. The number of sulfonamides is 1. The number of hydrogen-bond donors (Lipinski definition) is 0. The third kappa shape index (κ3) is 3.75. The van der Waals surface area contributed by atoms with Gasteiger partial charge >= 0.3 is 0 Å². The van der Waals surface area contributed by atoms with E-state index in [0.29, 0.717) is 24.1 Å². The highest BCUT2D eigenvalue weighted by atomic mass is 32.2. The summed E-state index contributed by atoms with van der Waals surface area (Å²) in [5, 5.41) is 4.31. The predicted molar refractivity (Wildman–Crippen MR) is 125 cm³/mol. The summed E-state index contributed by atoms with van der Waals surface area (Å²) >= 11 is 0. The lowest BCUT2D eigenvalue weighted by atomic mass is 9.89. The molecule has 2 aromatic rings. The molecule has 2 saturated carbocycles. The van der Waals surface area contributed by atoms with Crippen LogP contribution in [0, 0.1) is 11.8 Å². The van der Waals surface area contributed by atoms with E-state index in [4.69, 9.17) is 9.72 Å². The summed E-state index contributed by atoms with van der Waals surface area (Å²) in [4.78, 5) is 9.57. The molecule has 180 valence electrons. The van der Waals surface area contributed by atoms with Gasteiger partial charge < -0.3 is 14.5 Å². The van der Waals surface area contributed by atoms with E-state index >= 15 is 0 Å². The Morgan fingerprint density at radius 3 is 2.45 bits per heavy atom. The number of anilines is 1. The summed E-state index contributed by atoms with van der Waals surface area (Å²) in [6.07, 6.45) is 9.97. The zero-order valence-electron chi connectivity index (χ0n) is 19.6. The number of fused-ring (bicyclic) bond motifs is 1. The lowest BCUT2D eigenvalue weighted by molar-refractivity contribution is -0.0875. The minimum atomic E-state index is -3.69. The van der Waals surface area contributed by atoms with E-state index in [9.17, 15) is 8.42 Å². The zero-order valence-corrected chi connectivity index (χ0v) is 20.4. The highest BCUT2D eigenvalue weighted by Crippen LogP contribution is 2.55. The molecule has 6 rings (SSSR count). The Hall–Kier alpha value is -1.75. The summed E-state index contributed by atoms with van der Waals surface area (Å²) in [7, 11) is 0.0815. The molecule has 0 spiro atoms. The van der Waals surface area contributed by atoms with Crippen LogP contribution in [0.3, 0.4) is 0 Å². The second-order valence-corrected chi connectivity index (χ2v) is 12.4. The lowest BCUT2D eigenvalue weighted by Gasteiger charge is -2.44. The molecule has 0 amide bonds. The minimum Gasteiger partial charge on any atom is -0.371 e. The van der Waals surface area contributed by atoms with Crippen molar-refractivity contribution >= 4 is 21.5 Å². The normalized spacial score (nSPS) is 25.2. The Balaban J connectivity index is 1.29. The van der Waals surface area contributed by atoms with E-state index < -0.39 is 10.0 Å². The topological polar surface area (TPSA) is 83.3 Å². The second kappa shape index (κ2) is 7.90. The van der Waals surface area contributed by atoms with E-state index in [0.717, 1.165) is 44.8 Å². The summed E-state index contributed by atoms with van der Waals surface area (Å²) in [5.74, 6) is 2.13. The van der Waals surface area contributed by atoms with Gasteiger partial charge in [0.2, 0.25) is 10.0 Å². The Morgan fingerprint density at radius 2 is 1.79 bits per heavy atom. The number of likely N-dealkylation sites (tertiary alicyclic amines) is 1. The minimum absolute atomic E-state index is 0.00118. The molecule has 2 aliphatic heterocycles. The molecule has 4 aliphatic rings. The van der Waals surface area contributed by atoms with Crippen molar-refractivity contribution in [2.45, 2.75) is 55.1 Å². The largest absolute Gasteiger partial charge is 0.371 e. The first-order valence-electron chi connectivity index (χ1n) is 12.3. The van der Waals surface area contributed by atoms with Gasteiger partial charge in [0.25, 0.3) is 0 Å². The van der Waals surface area contributed by atoms with Crippen molar-refractivity contribution < 1.29 is 13.2 Å². The molecule has 2 aromatic heterocycles. The van der Waals surface area contributed by atoms with Crippen LogP contribution in [0.4, 0.5) is 5.82 Å². The van der Waals surface area contributed by atoms with Gasteiger partial charge in [-0.1, -0.05) is 0 Å². The SMILES string of the molecule is CN1CCC(N(C)S(=O)(=O)c2cnn3ccc(N4CCOC(C5CC5)(C5CC5)C4)nc23)CC1. The third-order valence-corrected chi connectivity index (χ3v) is 10.1. The van der Waals surface area contributed by atoms with E-state index in [-0.39, 0.29) is 16.5 Å². The highest BCUT2D eigenvalue weighted by molar-refractivity contribution is 7.89. The van der Waals surface area contributed by atoms with Gasteiger partial charge in [-0.3, -0.25) is 0 Å². The molecule has 2 saturated heterocycles. The molecule has 4 heterocycles. The average molecular weight is 475 g/mol. The summed E-state index contributed by atoms with van der Waals surface area (Å²) in [6, 6.07) is 1.95. The maximum Gasteiger partial charge on any atom is 0.248 e. The number of aromatic nitrogens is 3. The standard InChI is InChI=1S/C23H34N6O3S/c1-26-10-7-19(8-11-26)27(2)33(30,31)20-15-24-29-12-9-21(25-22(20)29)28-13-14-32-23(16-28,17-3-4-17)18-5-6-18/h9,12,15,17-19H,3-8,10-11,13-14,16H2,1-2H3. The third-order valence-electron chi connectivity index (χ3n) is 8.21. The van der Waals surface area contributed by atoms with Gasteiger partial charge in [-0.05, 0) is 76.6 Å². The van der Waals surface area contributed by atoms with E-state index in [2.05, 4.69) is 21.9 Å². The van der Waals surface area contributed by atoms with Crippen molar-refractivity contribution in [1.29, 1.82) is 0 Å². The van der Waals surface area contributed by atoms with Gasteiger partial charge in [0.15, 0.2) is 5.65 Å². The molecule has 9 nitrogen and oxygen atoms in total. The first-order chi connectivity index (χ1) is 15.9. The van der Waals surface area contributed by atoms with Crippen molar-refractivity contribution in [3.8, 4) is 0 Å². The number of ether oxygens (including phenoxy) is 1. The van der Waals surface area contributed by atoms with E-state index in [1.807, 2.05) is 12.3 Å². The molecule has 4 fully saturated rings. The highest BCUT2D eigenvalue weighted by Gasteiger charge is 2.57. The van der Waals surface area contributed by atoms with E-state index in [1.54, 1.807) is 11.6 Å². The van der Waals surface area contributed by atoms with Crippen LogP contribution in [0.5, 0.6) is 0 Å². The van der Waals surface area contributed by atoms with Crippen LogP contribution in [0.25, 0.3) is 5.65 Å². The number of rotatable bonds is 6. The van der Waals surface area contributed by atoms with Crippen molar-refractivity contribution in [3.63, 3.8) is 0 Å². The fourth-order valence-electron chi connectivity index (χ4n) is 5.84. The molecule has 0 unspecified atom stereocenters. The Labute approximate surface area is 195 Å². The quantitative estimate of drug-likeness (QED) is 0.632. The molecule has 33 heavy (non-hydrogen) atoms. The van der Waals surface area contributed by atoms with Crippen LogP contribution < -0.4 is 4.90 Å². The van der Waals surface area contributed by atoms with Gasteiger partial charge in [-0.2, -0.15) is 9.40 Å². The molecule has 0 bridgehead atoms. The average Bonchev–Trinajstić information content (AvgIpc) is 3.75. The molecule has 0 aromatic carbocycles. The monoisotopic (exact) mass is 474 g/mol. The smallest absolute Gasteiger partial charge is 0.248 e. The molecule has 2 aliphatic carbocycles. The van der Waals surface area contributed by atoms with Crippen molar-refractivity contribution in [2.75, 3.05) is 51.8 Å². The molecule has 0 atom stereocenters. The van der Waals surface area contributed by atoms with Crippen LogP contribution in [0.1, 0.15) is 38.5 Å². The van der Waals surface area contributed by atoms with Gasteiger partial charge in [0.1, 0.15) is 10.7 Å². The van der Waals surface area contributed by atoms with Crippen LogP contribution in [0.2, 0.25) is 0 Å². The Bertz CT molecular complexity index is 1120. The maximum absolute atomic E-state index is 13.6. The van der Waals surface area contributed by atoms with Gasteiger partial charge in [0, 0.05) is 32.4 Å². The van der Waals surface area contributed by atoms with Crippen molar-refractivity contribution in [3.05, 3.63) is 18.5 Å². The van der Waals surface area contributed by atoms with Crippen molar-refractivity contribution in [1.82, 2.24) is 23.8 Å². The number of hydrogen-bond acceptors (Lipinski definition) is 7. The summed E-state index contributed by atoms with van der Waals surface area (Å²) in [5.41, 5.74) is 0.359. The lowest BCUT2D eigenvalue weighted by Crippen LogP contribution is -2.55. The molecule has 0 radical (unpaired) electrons. The fraction of sp³-hybridized carbons (Fsp3) is 0.739. The maximum atomic E-state index is 13.6. The summed E-state index contributed by atoms with van der Waals surface area (Å²) < 4.78 is 36.7. The van der Waals surface area contributed by atoms with Gasteiger partial charge in [-0.25, -0.2) is 17.9 Å². The first-order valence-corrected chi connectivity index (χ1v) is 13.7. The Morgan fingerprint density at radius 1 is 1.09 bits per heavy atom. The van der Waals surface area contributed by atoms with Crippen LogP contribution in [0.15, 0.2) is 23.4 Å². The fourth-order valence-corrected chi connectivity index (χ4v) is 7.31. The van der Waals surface area contributed by atoms with Crippen LogP contribution in [-0.4, -0.2) is 90.7 Å². The van der Waals surface area contributed by atoms with Gasteiger partial charge in [-0.15, -0.1) is 0 Å². The molecular formula is C23H34N6O3S. The first kappa shape index (κ1) is 21.8. The summed E-state index contributed by atoms with van der Waals surface area (Å²) in [6.45, 7) is 4.13. The molecule has 0 N–H and O–H groups in total. The number of morpholine rings is 1. The molecular weight excluding hydrogens is 440 g/mol. The van der Waals surface area contributed by atoms with E-state index in [1.165, 1.54) is 36.2 Å².